The number of halogens is 1. The molecule has 3 rings (SSSR count). The Labute approximate surface area is 151 Å². The molecule has 2 aromatic rings. The van der Waals surface area contributed by atoms with E-state index in [0.29, 0.717) is 10.6 Å². The molecule has 0 bridgehead atoms. The summed E-state index contributed by atoms with van der Waals surface area (Å²) in [5, 5.41) is 9.14. The molecule has 2 aromatic carbocycles. The van der Waals surface area contributed by atoms with Crippen molar-refractivity contribution in [2.24, 2.45) is 5.41 Å². The molecule has 0 aliphatic heterocycles. The zero-order chi connectivity index (χ0) is 18.2. The molecule has 1 N–H and O–H groups in total. The number of carbonyl (C=O) groups is 1. The van der Waals surface area contributed by atoms with Crippen molar-refractivity contribution < 1.29 is 23.1 Å². The van der Waals surface area contributed by atoms with Gasteiger partial charge in [0.15, 0.2) is 9.84 Å². The van der Waals surface area contributed by atoms with Crippen molar-refractivity contribution in [1.29, 1.82) is 0 Å². The third-order valence-corrected chi connectivity index (χ3v) is 7.22. The van der Waals surface area contributed by atoms with Crippen LogP contribution in [0.25, 0.3) is 0 Å². The SMILES string of the molecule is COC[C@@]1(C(=O)O)[C@@H](c2ccccc2)[C@@H]1S(=O)(=O)c1ccc(Cl)cc1. The number of carboxylic acid groups (broad SMARTS) is 1. The molecule has 3 atom stereocenters. The number of methoxy groups -OCH3 is 1. The van der Waals surface area contributed by atoms with Gasteiger partial charge in [-0.1, -0.05) is 41.9 Å². The maximum absolute atomic E-state index is 13.1. The van der Waals surface area contributed by atoms with Gasteiger partial charge in [0, 0.05) is 18.1 Å². The Kier molecular flexibility index (Phi) is 4.62. The molecular weight excluding hydrogens is 364 g/mol. The van der Waals surface area contributed by atoms with Crippen LogP contribution >= 0.6 is 11.6 Å². The Bertz CT molecular complexity index is 879. The van der Waals surface area contributed by atoms with E-state index in [9.17, 15) is 18.3 Å². The van der Waals surface area contributed by atoms with E-state index in [0.717, 1.165) is 0 Å². The Morgan fingerprint density at radius 3 is 2.28 bits per heavy atom. The van der Waals surface area contributed by atoms with Gasteiger partial charge in [-0.3, -0.25) is 4.79 Å². The second kappa shape index (κ2) is 6.44. The van der Waals surface area contributed by atoms with Crippen molar-refractivity contribution in [3.63, 3.8) is 0 Å². The van der Waals surface area contributed by atoms with Crippen LogP contribution in [0.4, 0.5) is 0 Å². The van der Waals surface area contributed by atoms with E-state index in [4.69, 9.17) is 16.3 Å². The molecule has 0 saturated heterocycles. The van der Waals surface area contributed by atoms with Crippen LogP contribution in [-0.2, 0) is 19.4 Å². The van der Waals surface area contributed by atoms with Gasteiger partial charge < -0.3 is 9.84 Å². The third-order valence-electron chi connectivity index (χ3n) is 4.67. The van der Waals surface area contributed by atoms with Crippen LogP contribution in [0.1, 0.15) is 11.5 Å². The number of benzene rings is 2. The molecule has 0 spiro atoms. The molecule has 132 valence electrons. The predicted octanol–water partition coefficient (Wildman–Crippen LogP) is 3.00. The maximum Gasteiger partial charge on any atom is 0.314 e. The van der Waals surface area contributed by atoms with Crippen LogP contribution in [-0.4, -0.2) is 38.5 Å². The lowest BCUT2D eigenvalue weighted by Gasteiger charge is -2.12. The zero-order valence-electron chi connectivity index (χ0n) is 13.4. The van der Waals surface area contributed by atoms with Crippen molar-refractivity contribution in [1.82, 2.24) is 0 Å². The fourth-order valence-electron chi connectivity index (χ4n) is 3.49. The predicted molar refractivity (Wildman–Crippen MR) is 93.6 cm³/mol. The van der Waals surface area contributed by atoms with Gasteiger partial charge in [0.05, 0.1) is 16.8 Å². The minimum absolute atomic E-state index is 0.0575. The van der Waals surface area contributed by atoms with E-state index >= 15 is 0 Å². The number of ether oxygens (including phenoxy) is 1. The summed E-state index contributed by atoms with van der Waals surface area (Å²) in [5.41, 5.74) is -0.835. The Morgan fingerprint density at radius 1 is 1.16 bits per heavy atom. The molecule has 0 aromatic heterocycles. The number of hydrogen-bond donors (Lipinski definition) is 1. The van der Waals surface area contributed by atoms with Crippen molar-refractivity contribution >= 4 is 27.4 Å². The summed E-state index contributed by atoms with van der Waals surface area (Å²) in [7, 11) is -2.50. The first-order valence-corrected chi connectivity index (χ1v) is 9.55. The van der Waals surface area contributed by atoms with Crippen LogP contribution < -0.4 is 0 Å². The van der Waals surface area contributed by atoms with E-state index in [2.05, 4.69) is 0 Å². The molecular formula is C18H17ClO5S. The molecule has 1 aliphatic carbocycles. The van der Waals surface area contributed by atoms with Gasteiger partial charge in [-0.05, 0) is 29.8 Å². The number of carboxylic acids is 1. The molecule has 0 radical (unpaired) electrons. The molecule has 0 unspecified atom stereocenters. The molecule has 25 heavy (non-hydrogen) atoms. The Balaban J connectivity index is 2.11. The highest BCUT2D eigenvalue weighted by atomic mass is 35.5. The topological polar surface area (TPSA) is 80.7 Å². The van der Waals surface area contributed by atoms with Gasteiger partial charge in [-0.2, -0.15) is 0 Å². The number of hydrogen-bond acceptors (Lipinski definition) is 4. The summed E-state index contributed by atoms with van der Waals surface area (Å²) in [6, 6.07) is 14.6. The fourth-order valence-corrected chi connectivity index (χ4v) is 5.97. The summed E-state index contributed by atoms with van der Waals surface area (Å²) in [4.78, 5) is 12.1. The van der Waals surface area contributed by atoms with Crippen molar-refractivity contribution in [2.45, 2.75) is 16.1 Å². The molecule has 1 saturated carbocycles. The van der Waals surface area contributed by atoms with Gasteiger partial charge in [0.25, 0.3) is 0 Å². The molecule has 1 aliphatic rings. The van der Waals surface area contributed by atoms with Gasteiger partial charge in [-0.15, -0.1) is 0 Å². The van der Waals surface area contributed by atoms with Crippen LogP contribution in [0, 0.1) is 5.41 Å². The van der Waals surface area contributed by atoms with Gasteiger partial charge in [0.1, 0.15) is 5.41 Å². The van der Waals surface area contributed by atoms with Crippen molar-refractivity contribution in [3.05, 3.63) is 65.2 Å². The van der Waals surface area contributed by atoms with Crippen LogP contribution in [0.2, 0.25) is 5.02 Å². The lowest BCUT2D eigenvalue weighted by Crippen LogP contribution is -2.28. The second-order valence-electron chi connectivity index (χ2n) is 6.09. The zero-order valence-corrected chi connectivity index (χ0v) is 15.0. The van der Waals surface area contributed by atoms with E-state index in [-0.39, 0.29) is 11.5 Å². The van der Waals surface area contributed by atoms with Crippen molar-refractivity contribution in [2.75, 3.05) is 13.7 Å². The summed E-state index contributed by atoms with van der Waals surface area (Å²) in [6.45, 7) is -0.181. The smallest absolute Gasteiger partial charge is 0.314 e. The first-order valence-electron chi connectivity index (χ1n) is 7.62. The normalized spacial score (nSPS) is 25.5. The highest BCUT2D eigenvalue weighted by Gasteiger charge is 2.76. The van der Waals surface area contributed by atoms with E-state index in [1.807, 2.05) is 0 Å². The van der Waals surface area contributed by atoms with E-state index in [1.165, 1.54) is 31.4 Å². The number of aliphatic carboxylic acids is 1. The van der Waals surface area contributed by atoms with Crippen molar-refractivity contribution in [3.8, 4) is 0 Å². The average molecular weight is 381 g/mol. The first kappa shape index (κ1) is 17.9. The molecule has 0 amide bonds. The lowest BCUT2D eigenvalue weighted by atomic mass is 10.0. The first-order chi connectivity index (χ1) is 11.9. The third kappa shape index (κ3) is 2.84. The standard InChI is InChI=1S/C18H17ClO5S/c1-24-11-18(17(20)21)15(12-5-3-2-4-6-12)16(18)25(22,23)14-9-7-13(19)8-10-14/h2-10,15-16H,11H2,1H3,(H,20,21)/t15-,16-,18+/m0/s1. The second-order valence-corrected chi connectivity index (χ2v) is 8.59. The van der Waals surface area contributed by atoms with Crippen LogP contribution in [0.5, 0.6) is 0 Å². The van der Waals surface area contributed by atoms with Crippen LogP contribution in [0.15, 0.2) is 59.5 Å². The number of rotatable bonds is 6. The minimum Gasteiger partial charge on any atom is -0.481 e. The quantitative estimate of drug-likeness (QED) is 0.833. The average Bonchev–Trinajstić information content (AvgIpc) is 3.27. The summed E-state index contributed by atoms with van der Waals surface area (Å²) in [6.07, 6.45) is 0. The monoisotopic (exact) mass is 380 g/mol. The summed E-state index contributed by atoms with van der Waals surface area (Å²) >= 11 is 5.83. The van der Waals surface area contributed by atoms with E-state index < -0.39 is 32.4 Å². The Hall–Kier alpha value is -1.89. The molecule has 0 heterocycles. The molecule has 5 nitrogen and oxygen atoms in total. The number of sulfone groups is 1. The highest BCUT2D eigenvalue weighted by molar-refractivity contribution is 7.92. The maximum atomic E-state index is 13.1. The largest absolute Gasteiger partial charge is 0.481 e. The fraction of sp³-hybridized carbons (Fsp3) is 0.278. The van der Waals surface area contributed by atoms with Gasteiger partial charge >= 0.3 is 5.97 Å². The summed E-state index contributed by atoms with van der Waals surface area (Å²) < 4.78 is 31.3. The lowest BCUT2D eigenvalue weighted by molar-refractivity contribution is -0.145. The van der Waals surface area contributed by atoms with Gasteiger partial charge in [-0.25, -0.2) is 8.42 Å². The van der Waals surface area contributed by atoms with E-state index in [1.54, 1.807) is 30.3 Å². The Morgan fingerprint density at radius 2 is 1.76 bits per heavy atom. The molecule has 1 fully saturated rings. The minimum atomic E-state index is -3.87. The summed E-state index contributed by atoms with van der Waals surface area (Å²) in [5.74, 6) is -1.85. The van der Waals surface area contributed by atoms with Crippen LogP contribution in [0.3, 0.4) is 0 Å². The molecule has 7 heteroatoms. The van der Waals surface area contributed by atoms with Gasteiger partial charge in [0.2, 0.25) is 0 Å². The highest BCUT2D eigenvalue weighted by Crippen LogP contribution is 2.64.